The summed E-state index contributed by atoms with van der Waals surface area (Å²) in [6.07, 6.45) is 0. The summed E-state index contributed by atoms with van der Waals surface area (Å²) in [5.74, 6) is -0.223. The van der Waals surface area contributed by atoms with Crippen LogP contribution in [0.3, 0.4) is 0 Å². The van der Waals surface area contributed by atoms with Crippen molar-refractivity contribution < 1.29 is 4.39 Å². The van der Waals surface area contributed by atoms with Crippen LogP contribution in [0.5, 0.6) is 0 Å². The molecule has 0 aliphatic rings. The second-order valence-corrected chi connectivity index (χ2v) is 3.35. The van der Waals surface area contributed by atoms with E-state index in [0.717, 1.165) is 16.7 Å². The molecule has 2 rings (SSSR count). The van der Waals surface area contributed by atoms with Crippen LogP contribution in [0.4, 0.5) is 4.39 Å². The second-order valence-electron chi connectivity index (χ2n) is 3.35. The summed E-state index contributed by atoms with van der Waals surface area (Å²) in [6.45, 7) is 4.00. The maximum Gasteiger partial charge on any atom is 0.123 e. The average molecular weight is 198 g/mol. The van der Waals surface area contributed by atoms with Crippen LogP contribution in [-0.4, -0.2) is 0 Å². The first-order valence-electron chi connectivity index (χ1n) is 4.77. The fourth-order valence-corrected chi connectivity index (χ4v) is 1.46. The number of hydrogen-bond donors (Lipinski definition) is 0. The van der Waals surface area contributed by atoms with Gasteiger partial charge in [-0.15, -0.1) is 0 Å². The summed E-state index contributed by atoms with van der Waals surface area (Å²) in [6, 6.07) is 16.2. The minimum atomic E-state index is -0.223. The van der Waals surface area contributed by atoms with Crippen LogP contribution in [0.2, 0.25) is 0 Å². The van der Waals surface area contributed by atoms with Crippen molar-refractivity contribution >= 4 is 5.57 Å². The number of halogens is 1. The van der Waals surface area contributed by atoms with E-state index in [1.54, 1.807) is 12.1 Å². The summed E-state index contributed by atoms with van der Waals surface area (Å²) in [5.41, 5.74) is 2.92. The van der Waals surface area contributed by atoms with Gasteiger partial charge in [0.2, 0.25) is 0 Å². The number of rotatable bonds is 2. The van der Waals surface area contributed by atoms with E-state index in [2.05, 4.69) is 6.58 Å². The predicted octanol–water partition coefficient (Wildman–Crippen LogP) is 3.89. The standard InChI is InChI=1S/C14H11F/c1-11(12-5-3-2-4-6-12)13-7-9-14(15)10-8-13/h2-10H,1H2. The molecule has 0 aromatic heterocycles. The van der Waals surface area contributed by atoms with E-state index in [1.165, 1.54) is 12.1 Å². The van der Waals surface area contributed by atoms with Gasteiger partial charge in [0.05, 0.1) is 0 Å². The molecular weight excluding hydrogens is 187 g/mol. The highest BCUT2D eigenvalue weighted by molar-refractivity contribution is 5.77. The molecule has 0 N–H and O–H groups in total. The molecule has 2 aromatic carbocycles. The largest absolute Gasteiger partial charge is 0.207 e. The molecule has 0 unspecified atom stereocenters. The topological polar surface area (TPSA) is 0 Å². The summed E-state index contributed by atoms with van der Waals surface area (Å²) in [4.78, 5) is 0. The third kappa shape index (κ3) is 2.13. The van der Waals surface area contributed by atoms with Gasteiger partial charge in [-0.3, -0.25) is 0 Å². The Morgan fingerprint density at radius 1 is 0.800 bits per heavy atom. The lowest BCUT2D eigenvalue weighted by Crippen LogP contribution is -1.85. The average Bonchev–Trinajstić information content (AvgIpc) is 2.30. The highest BCUT2D eigenvalue weighted by Gasteiger charge is 2.01. The van der Waals surface area contributed by atoms with Crippen molar-refractivity contribution in [2.75, 3.05) is 0 Å². The van der Waals surface area contributed by atoms with Crippen LogP contribution in [-0.2, 0) is 0 Å². The highest BCUT2D eigenvalue weighted by Crippen LogP contribution is 2.20. The Bertz CT molecular complexity index is 454. The first-order chi connectivity index (χ1) is 7.27. The van der Waals surface area contributed by atoms with Gasteiger partial charge >= 0.3 is 0 Å². The van der Waals surface area contributed by atoms with Crippen LogP contribution < -0.4 is 0 Å². The van der Waals surface area contributed by atoms with Crippen LogP contribution in [0.15, 0.2) is 61.2 Å². The molecule has 74 valence electrons. The Balaban J connectivity index is 2.33. The first-order valence-corrected chi connectivity index (χ1v) is 4.77. The fourth-order valence-electron chi connectivity index (χ4n) is 1.46. The van der Waals surface area contributed by atoms with Gasteiger partial charge < -0.3 is 0 Å². The molecule has 15 heavy (non-hydrogen) atoms. The molecular formula is C14H11F. The lowest BCUT2D eigenvalue weighted by molar-refractivity contribution is 0.627. The van der Waals surface area contributed by atoms with E-state index < -0.39 is 0 Å². The van der Waals surface area contributed by atoms with E-state index in [4.69, 9.17) is 0 Å². The van der Waals surface area contributed by atoms with E-state index in [1.807, 2.05) is 30.3 Å². The predicted molar refractivity (Wildman–Crippen MR) is 61.0 cm³/mol. The van der Waals surface area contributed by atoms with E-state index in [9.17, 15) is 4.39 Å². The third-order valence-corrected chi connectivity index (χ3v) is 2.31. The summed E-state index contributed by atoms with van der Waals surface area (Å²) >= 11 is 0. The van der Waals surface area contributed by atoms with Crippen molar-refractivity contribution in [1.29, 1.82) is 0 Å². The Labute approximate surface area is 88.7 Å². The molecule has 0 fully saturated rings. The van der Waals surface area contributed by atoms with Crippen molar-refractivity contribution in [3.63, 3.8) is 0 Å². The van der Waals surface area contributed by atoms with Gasteiger partial charge in [-0.1, -0.05) is 49.0 Å². The lowest BCUT2D eigenvalue weighted by Gasteiger charge is -2.05. The van der Waals surface area contributed by atoms with Gasteiger partial charge in [0, 0.05) is 0 Å². The Morgan fingerprint density at radius 3 is 1.93 bits per heavy atom. The molecule has 0 radical (unpaired) electrons. The minimum absolute atomic E-state index is 0.223. The van der Waals surface area contributed by atoms with Gasteiger partial charge in [-0.05, 0) is 28.8 Å². The summed E-state index contributed by atoms with van der Waals surface area (Å²) < 4.78 is 12.7. The first kappa shape index (κ1) is 9.66. The monoisotopic (exact) mass is 198 g/mol. The van der Waals surface area contributed by atoms with E-state index >= 15 is 0 Å². The van der Waals surface area contributed by atoms with Crippen LogP contribution in [0, 0.1) is 5.82 Å². The number of hydrogen-bond acceptors (Lipinski definition) is 0. The fraction of sp³-hybridized carbons (Fsp3) is 0. The van der Waals surface area contributed by atoms with Crippen molar-refractivity contribution in [1.82, 2.24) is 0 Å². The van der Waals surface area contributed by atoms with Gasteiger partial charge in [0.15, 0.2) is 0 Å². The SMILES string of the molecule is C=C(c1ccccc1)c1ccc(F)cc1. The maximum atomic E-state index is 12.7. The van der Waals surface area contributed by atoms with Gasteiger partial charge in [0.25, 0.3) is 0 Å². The molecule has 1 heteroatoms. The van der Waals surface area contributed by atoms with Crippen molar-refractivity contribution in [2.24, 2.45) is 0 Å². The molecule has 0 aliphatic heterocycles. The maximum absolute atomic E-state index is 12.7. The third-order valence-electron chi connectivity index (χ3n) is 2.31. The van der Waals surface area contributed by atoms with Gasteiger partial charge in [0.1, 0.15) is 5.82 Å². The number of benzene rings is 2. The van der Waals surface area contributed by atoms with E-state index in [-0.39, 0.29) is 5.82 Å². The molecule has 0 bridgehead atoms. The highest BCUT2D eigenvalue weighted by atomic mass is 19.1. The minimum Gasteiger partial charge on any atom is -0.207 e. The zero-order valence-corrected chi connectivity index (χ0v) is 8.28. The second kappa shape index (κ2) is 4.09. The molecule has 0 spiro atoms. The molecule has 0 amide bonds. The normalized spacial score (nSPS) is 9.93. The van der Waals surface area contributed by atoms with Crippen LogP contribution in [0.1, 0.15) is 11.1 Å². The van der Waals surface area contributed by atoms with Crippen molar-refractivity contribution in [2.45, 2.75) is 0 Å². The van der Waals surface area contributed by atoms with Crippen molar-refractivity contribution in [3.8, 4) is 0 Å². The lowest BCUT2D eigenvalue weighted by atomic mass is 10.00. The van der Waals surface area contributed by atoms with Crippen LogP contribution in [0.25, 0.3) is 5.57 Å². The molecule has 2 aromatic rings. The van der Waals surface area contributed by atoms with Gasteiger partial charge in [-0.2, -0.15) is 0 Å². The molecule has 0 heterocycles. The summed E-state index contributed by atoms with van der Waals surface area (Å²) in [5, 5.41) is 0. The smallest absolute Gasteiger partial charge is 0.123 e. The molecule has 0 aliphatic carbocycles. The van der Waals surface area contributed by atoms with Crippen molar-refractivity contribution in [3.05, 3.63) is 78.1 Å². The Hall–Kier alpha value is -1.89. The van der Waals surface area contributed by atoms with Crippen LogP contribution >= 0.6 is 0 Å². The summed E-state index contributed by atoms with van der Waals surface area (Å²) in [7, 11) is 0. The molecule has 0 atom stereocenters. The van der Waals surface area contributed by atoms with Gasteiger partial charge in [-0.25, -0.2) is 4.39 Å². The Morgan fingerprint density at radius 2 is 1.33 bits per heavy atom. The van der Waals surface area contributed by atoms with E-state index in [0.29, 0.717) is 0 Å². The zero-order chi connectivity index (χ0) is 10.7. The quantitative estimate of drug-likeness (QED) is 0.686. The molecule has 0 nitrogen and oxygen atoms in total. The zero-order valence-electron chi connectivity index (χ0n) is 8.28. The molecule has 0 saturated carbocycles. The Kier molecular flexibility index (Phi) is 2.64. The molecule has 0 saturated heterocycles.